The summed E-state index contributed by atoms with van der Waals surface area (Å²) in [5.74, 6) is -0.218. The SMILES string of the molecule is COc1cc(C(=O)NCC(C)(C)c2cccc(Cl)c2)c([N+](=O)[O-])cc1OCc1cscn1. The number of ether oxygens (including phenoxy) is 2. The van der Waals surface area contributed by atoms with E-state index in [1.165, 1.54) is 30.6 Å². The Hall–Kier alpha value is -3.17. The summed E-state index contributed by atoms with van der Waals surface area (Å²) in [5, 5.41) is 16.9. The maximum Gasteiger partial charge on any atom is 0.286 e. The number of nitro benzene ring substituents is 1. The van der Waals surface area contributed by atoms with Gasteiger partial charge in [-0.05, 0) is 17.7 Å². The third kappa shape index (κ3) is 5.54. The maximum atomic E-state index is 12.9. The Bertz CT molecular complexity index is 1120. The van der Waals surface area contributed by atoms with Crippen LogP contribution in [0, 0.1) is 10.1 Å². The van der Waals surface area contributed by atoms with Gasteiger partial charge in [-0.1, -0.05) is 37.6 Å². The zero-order valence-electron chi connectivity index (χ0n) is 17.8. The lowest BCUT2D eigenvalue weighted by Gasteiger charge is -2.26. The molecule has 168 valence electrons. The van der Waals surface area contributed by atoms with Gasteiger partial charge in [-0.25, -0.2) is 4.98 Å². The molecule has 0 saturated carbocycles. The summed E-state index contributed by atoms with van der Waals surface area (Å²) in [6.07, 6.45) is 0. The molecule has 1 amide bonds. The second-order valence-electron chi connectivity index (χ2n) is 7.62. The summed E-state index contributed by atoms with van der Waals surface area (Å²) in [5.41, 5.74) is 2.34. The number of hydrogen-bond donors (Lipinski definition) is 1. The van der Waals surface area contributed by atoms with Crippen molar-refractivity contribution in [3.63, 3.8) is 0 Å². The third-order valence-corrected chi connectivity index (χ3v) is 5.75. The van der Waals surface area contributed by atoms with Crippen LogP contribution in [-0.2, 0) is 12.0 Å². The Labute approximate surface area is 194 Å². The van der Waals surface area contributed by atoms with E-state index < -0.39 is 16.2 Å². The Morgan fingerprint density at radius 2 is 2.06 bits per heavy atom. The number of nitrogens with one attached hydrogen (secondary N) is 1. The van der Waals surface area contributed by atoms with Crippen molar-refractivity contribution in [2.24, 2.45) is 0 Å². The van der Waals surface area contributed by atoms with Gasteiger partial charge in [0.15, 0.2) is 11.5 Å². The highest BCUT2D eigenvalue weighted by Gasteiger charge is 2.27. The van der Waals surface area contributed by atoms with Crippen molar-refractivity contribution in [2.45, 2.75) is 25.9 Å². The monoisotopic (exact) mass is 475 g/mol. The average molecular weight is 476 g/mol. The molecule has 0 unspecified atom stereocenters. The van der Waals surface area contributed by atoms with E-state index in [4.69, 9.17) is 21.1 Å². The molecule has 10 heteroatoms. The Kier molecular flexibility index (Phi) is 7.32. The van der Waals surface area contributed by atoms with Crippen LogP contribution in [0.4, 0.5) is 5.69 Å². The van der Waals surface area contributed by atoms with Crippen LogP contribution in [0.15, 0.2) is 47.3 Å². The highest BCUT2D eigenvalue weighted by molar-refractivity contribution is 7.07. The second-order valence-corrected chi connectivity index (χ2v) is 8.78. The van der Waals surface area contributed by atoms with Crippen LogP contribution < -0.4 is 14.8 Å². The largest absolute Gasteiger partial charge is 0.493 e. The van der Waals surface area contributed by atoms with E-state index in [0.717, 1.165) is 5.56 Å². The molecular weight excluding hydrogens is 454 g/mol. The van der Waals surface area contributed by atoms with Crippen molar-refractivity contribution in [1.82, 2.24) is 10.3 Å². The van der Waals surface area contributed by atoms with E-state index in [-0.39, 0.29) is 35.9 Å². The van der Waals surface area contributed by atoms with Gasteiger partial charge < -0.3 is 14.8 Å². The molecule has 0 bridgehead atoms. The van der Waals surface area contributed by atoms with Crippen molar-refractivity contribution < 1.29 is 19.2 Å². The molecule has 1 aromatic heterocycles. The van der Waals surface area contributed by atoms with Gasteiger partial charge in [0.25, 0.3) is 11.6 Å². The number of halogens is 1. The van der Waals surface area contributed by atoms with Crippen LogP contribution in [0.25, 0.3) is 0 Å². The van der Waals surface area contributed by atoms with E-state index in [9.17, 15) is 14.9 Å². The number of aromatic nitrogens is 1. The topological polar surface area (TPSA) is 104 Å². The standard InChI is InChI=1S/C22H22ClN3O5S/c1-22(2,14-5-4-6-15(23)7-14)12-24-21(27)17-8-19(30-3)20(9-18(17)26(28)29)31-10-16-11-32-13-25-16/h4-9,11,13H,10,12H2,1-3H3,(H,24,27). The number of benzene rings is 2. The number of amides is 1. The lowest BCUT2D eigenvalue weighted by atomic mass is 9.84. The van der Waals surface area contributed by atoms with Crippen LogP contribution >= 0.6 is 22.9 Å². The molecule has 32 heavy (non-hydrogen) atoms. The van der Waals surface area contributed by atoms with Gasteiger partial charge in [0, 0.05) is 28.4 Å². The van der Waals surface area contributed by atoms with Gasteiger partial charge in [-0.3, -0.25) is 14.9 Å². The van der Waals surface area contributed by atoms with Gasteiger partial charge in [0.1, 0.15) is 12.2 Å². The fraction of sp³-hybridized carbons (Fsp3) is 0.273. The average Bonchev–Trinajstić information content (AvgIpc) is 3.29. The number of methoxy groups -OCH3 is 1. The van der Waals surface area contributed by atoms with Gasteiger partial charge in [-0.15, -0.1) is 11.3 Å². The van der Waals surface area contributed by atoms with E-state index in [1.807, 2.05) is 37.4 Å². The summed E-state index contributed by atoms with van der Waals surface area (Å²) >= 11 is 7.49. The van der Waals surface area contributed by atoms with Gasteiger partial charge >= 0.3 is 0 Å². The summed E-state index contributed by atoms with van der Waals surface area (Å²) in [4.78, 5) is 28.1. The molecule has 2 aromatic carbocycles. The zero-order chi connectivity index (χ0) is 23.3. The van der Waals surface area contributed by atoms with Crippen molar-refractivity contribution in [1.29, 1.82) is 0 Å². The number of nitrogens with zero attached hydrogens (tertiary/aromatic N) is 2. The zero-order valence-corrected chi connectivity index (χ0v) is 19.3. The third-order valence-electron chi connectivity index (χ3n) is 4.88. The molecule has 0 aliphatic carbocycles. The molecule has 8 nitrogen and oxygen atoms in total. The number of carbonyl (C=O) groups is 1. The number of hydrogen-bond acceptors (Lipinski definition) is 7. The lowest BCUT2D eigenvalue weighted by molar-refractivity contribution is -0.385. The first-order valence-electron chi connectivity index (χ1n) is 9.62. The Morgan fingerprint density at radius 3 is 2.69 bits per heavy atom. The van der Waals surface area contributed by atoms with Crippen molar-refractivity contribution in [2.75, 3.05) is 13.7 Å². The van der Waals surface area contributed by atoms with Gasteiger partial charge in [-0.2, -0.15) is 0 Å². The molecule has 0 aliphatic heterocycles. The second kappa shape index (κ2) is 9.97. The molecule has 1 N–H and O–H groups in total. The first kappa shape index (κ1) is 23.5. The minimum absolute atomic E-state index is 0.116. The van der Waals surface area contributed by atoms with E-state index in [1.54, 1.807) is 11.6 Å². The number of carbonyl (C=O) groups excluding carboxylic acids is 1. The van der Waals surface area contributed by atoms with E-state index in [0.29, 0.717) is 10.7 Å². The van der Waals surface area contributed by atoms with Crippen molar-refractivity contribution in [3.05, 3.63) is 79.2 Å². The van der Waals surface area contributed by atoms with Crippen LogP contribution in [-0.4, -0.2) is 29.5 Å². The molecule has 3 rings (SSSR count). The molecule has 1 heterocycles. The lowest BCUT2D eigenvalue weighted by Crippen LogP contribution is -2.37. The molecule has 0 atom stereocenters. The predicted molar refractivity (Wildman–Crippen MR) is 123 cm³/mol. The van der Waals surface area contributed by atoms with Crippen LogP contribution in [0.1, 0.15) is 35.5 Å². The fourth-order valence-corrected chi connectivity index (χ4v) is 3.76. The Morgan fingerprint density at radius 1 is 1.28 bits per heavy atom. The summed E-state index contributed by atoms with van der Waals surface area (Å²) in [7, 11) is 1.40. The molecule has 0 radical (unpaired) electrons. The fourth-order valence-electron chi connectivity index (χ4n) is 3.02. The van der Waals surface area contributed by atoms with Crippen LogP contribution in [0.3, 0.4) is 0 Å². The molecule has 0 saturated heterocycles. The highest BCUT2D eigenvalue weighted by atomic mass is 35.5. The summed E-state index contributed by atoms with van der Waals surface area (Å²) in [6, 6.07) is 9.86. The number of nitro groups is 1. The molecule has 0 spiro atoms. The Balaban J connectivity index is 1.82. The van der Waals surface area contributed by atoms with Crippen LogP contribution in [0.2, 0.25) is 5.02 Å². The normalized spacial score (nSPS) is 11.1. The number of thiazole rings is 1. The first-order valence-corrected chi connectivity index (χ1v) is 10.9. The smallest absolute Gasteiger partial charge is 0.286 e. The predicted octanol–water partition coefficient (Wildman–Crippen LogP) is 5.00. The quantitative estimate of drug-likeness (QED) is 0.345. The maximum absolute atomic E-state index is 12.9. The first-order chi connectivity index (χ1) is 15.2. The molecule has 0 aliphatic rings. The molecule has 3 aromatic rings. The minimum atomic E-state index is -0.619. The van der Waals surface area contributed by atoms with E-state index >= 15 is 0 Å². The highest BCUT2D eigenvalue weighted by Crippen LogP contribution is 2.35. The molecular formula is C22H22ClN3O5S. The van der Waals surface area contributed by atoms with Crippen molar-refractivity contribution in [3.8, 4) is 11.5 Å². The van der Waals surface area contributed by atoms with Gasteiger partial charge in [0.05, 0.1) is 29.3 Å². The number of rotatable bonds is 9. The minimum Gasteiger partial charge on any atom is -0.493 e. The summed E-state index contributed by atoms with van der Waals surface area (Å²) in [6.45, 7) is 4.26. The van der Waals surface area contributed by atoms with Gasteiger partial charge in [0.2, 0.25) is 0 Å². The van der Waals surface area contributed by atoms with Crippen molar-refractivity contribution >= 4 is 34.5 Å². The van der Waals surface area contributed by atoms with E-state index in [2.05, 4.69) is 10.3 Å². The molecule has 0 fully saturated rings. The summed E-state index contributed by atoms with van der Waals surface area (Å²) < 4.78 is 11.0. The van der Waals surface area contributed by atoms with Crippen LogP contribution in [0.5, 0.6) is 11.5 Å².